The normalized spacial score (nSPS) is 11.6. The Morgan fingerprint density at radius 3 is 2.64 bits per heavy atom. The summed E-state index contributed by atoms with van der Waals surface area (Å²) in [6.45, 7) is 1.77. The van der Waals surface area contributed by atoms with Crippen molar-refractivity contribution in [1.82, 2.24) is 0 Å². The number of benzene rings is 2. The number of amides is 1. The second kappa shape index (κ2) is 8.82. The number of aryl methyl sites for hydroxylation is 1. The minimum absolute atomic E-state index is 0.0192. The van der Waals surface area contributed by atoms with Crippen molar-refractivity contribution in [2.24, 2.45) is 0 Å². The third kappa shape index (κ3) is 5.60. The fourth-order valence-electron chi connectivity index (χ4n) is 2.29. The molecule has 2 aromatic rings. The molecule has 2 N–H and O–H groups in total. The van der Waals surface area contributed by atoms with E-state index in [0.29, 0.717) is 18.5 Å². The molecule has 5 nitrogen and oxygen atoms in total. The number of aliphatic carboxylic acids is 1. The number of hydrogen-bond donors (Lipinski definition) is 2. The number of halogens is 1. The van der Waals surface area contributed by atoms with Gasteiger partial charge < -0.3 is 15.2 Å². The topological polar surface area (TPSA) is 75.6 Å². The zero-order valence-corrected chi connectivity index (χ0v) is 13.9. The first-order valence-corrected chi connectivity index (χ1v) is 8.02. The Labute approximate surface area is 145 Å². The predicted octanol–water partition coefficient (Wildman–Crippen LogP) is 3.64. The molecule has 132 valence electrons. The molecule has 1 atom stereocenters. The zero-order chi connectivity index (χ0) is 18.2. The van der Waals surface area contributed by atoms with Crippen LogP contribution in [-0.2, 0) is 16.0 Å². The fraction of sp³-hybridized carbons (Fsp3) is 0.263. The van der Waals surface area contributed by atoms with Gasteiger partial charge in [0, 0.05) is 12.1 Å². The number of carbonyl (C=O) groups is 2. The van der Waals surface area contributed by atoms with Gasteiger partial charge in [-0.25, -0.2) is 4.39 Å². The molecule has 0 aromatic heterocycles. The van der Waals surface area contributed by atoms with Crippen molar-refractivity contribution in [3.63, 3.8) is 0 Å². The van der Waals surface area contributed by atoms with Crippen molar-refractivity contribution >= 4 is 17.6 Å². The van der Waals surface area contributed by atoms with Crippen LogP contribution in [0.5, 0.6) is 5.75 Å². The summed E-state index contributed by atoms with van der Waals surface area (Å²) in [6.07, 6.45) is -0.0637. The molecule has 0 fully saturated rings. The lowest BCUT2D eigenvalue weighted by atomic mass is 10.1. The average molecular weight is 345 g/mol. The van der Waals surface area contributed by atoms with Gasteiger partial charge in [0.15, 0.2) is 17.7 Å². The molecule has 0 aliphatic carbocycles. The van der Waals surface area contributed by atoms with Crippen LogP contribution in [0.15, 0.2) is 48.5 Å². The monoisotopic (exact) mass is 345 g/mol. The molecule has 1 amide bonds. The molecule has 2 aromatic carbocycles. The van der Waals surface area contributed by atoms with Crippen LogP contribution in [0.3, 0.4) is 0 Å². The lowest BCUT2D eigenvalue weighted by molar-refractivity contribution is -0.137. The van der Waals surface area contributed by atoms with Crippen molar-refractivity contribution in [2.75, 3.05) is 5.32 Å². The van der Waals surface area contributed by atoms with Crippen LogP contribution in [0, 0.1) is 5.82 Å². The van der Waals surface area contributed by atoms with E-state index in [1.165, 1.54) is 12.1 Å². The van der Waals surface area contributed by atoms with Gasteiger partial charge in [0.1, 0.15) is 0 Å². The van der Waals surface area contributed by atoms with E-state index in [0.717, 1.165) is 5.56 Å². The van der Waals surface area contributed by atoms with Gasteiger partial charge in [-0.3, -0.25) is 9.59 Å². The van der Waals surface area contributed by atoms with Crippen LogP contribution in [-0.4, -0.2) is 23.1 Å². The smallest absolute Gasteiger partial charge is 0.303 e. The standard InChI is InChI=1S/C19H20FNO4/c1-2-16(25-17-9-4-3-8-15(17)20)19(24)21-14-7-5-6-13(12-14)10-11-18(22)23/h3-9,12,16H,2,10-11H2,1H3,(H,21,24)(H,22,23). The van der Waals surface area contributed by atoms with Gasteiger partial charge in [-0.1, -0.05) is 31.2 Å². The third-order valence-corrected chi connectivity index (χ3v) is 3.59. The Bertz CT molecular complexity index is 748. The van der Waals surface area contributed by atoms with Gasteiger partial charge in [-0.15, -0.1) is 0 Å². The molecule has 0 heterocycles. The molecule has 0 bridgehead atoms. The summed E-state index contributed by atoms with van der Waals surface area (Å²) in [5, 5.41) is 11.5. The number of nitrogens with one attached hydrogen (secondary N) is 1. The highest BCUT2D eigenvalue weighted by Crippen LogP contribution is 2.19. The number of ether oxygens (including phenoxy) is 1. The minimum Gasteiger partial charge on any atom is -0.481 e. The first-order chi connectivity index (χ1) is 12.0. The number of carbonyl (C=O) groups excluding carboxylic acids is 1. The highest BCUT2D eigenvalue weighted by Gasteiger charge is 2.20. The van der Waals surface area contributed by atoms with Gasteiger partial charge in [-0.2, -0.15) is 0 Å². The molecule has 2 rings (SSSR count). The van der Waals surface area contributed by atoms with E-state index >= 15 is 0 Å². The summed E-state index contributed by atoms with van der Waals surface area (Å²) in [5.41, 5.74) is 1.35. The largest absolute Gasteiger partial charge is 0.481 e. The van der Waals surface area contributed by atoms with Crippen molar-refractivity contribution in [3.05, 3.63) is 59.9 Å². The SMILES string of the molecule is CCC(Oc1ccccc1F)C(=O)Nc1cccc(CCC(=O)O)c1. The lowest BCUT2D eigenvalue weighted by Crippen LogP contribution is -2.32. The number of carboxylic acids is 1. The van der Waals surface area contributed by atoms with E-state index in [4.69, 9.17) is 9.84 Å². The van der Waals surface area contributed by atoms with Crippen molar-refractivity contribution < 1.29 is 23.8 Å². The van der Waals surface area contributed by atoms with Gasteiger partial charge in [0.25, 0.3) is 5.91 Å². The zero-order valence-electron chi connectivity index (χ0n) is 13.9. The quantitative estimate of drug-likeness (QED) is 0.766. The van der Waals surface area contributed by atoms with Gasteiger partial charge in [-0.05, 0) is 42.7 Å². The molecule has 25 heavy (non-hydrogen) atoms. The van der Waals surface area contributed by atoms with Crippen LogP contribution < -0.4 is 10.1 Å². The maximum Gasteiger partial charge on any atom is 0.303 e. The maximum atomic E-state index is 13.7. The number of anilines is 1. The Hall–Kier alpha value is -2.89. The summed E-state index contributed by atoms with van der Waals surface area (Å²) in [7, 11) is 0. The van der Waals surface area contributed by atoms with E-state index in [9.17, 15) is 14.0 Å². The summed E-state index contributed by atoms with van der Waals surface area (Å²) in [6, 6.07) is 12.9. The van der Waals surface area contributed by atoms with Gasteiger partial charge >= 0.3 is 5.97 Å². The Kier molecular flexibility index (Phi) is 6.51. The number of hydrogen-bond acceptors (Lipinski definition) is 3. The molecular weight excluding hydrogens is 325 g/mol. The summed E-state index contributed by atoms with van der Waals surface area (Å²) in [4.78, 5) is 23.0. The first-order valence-electron chi connectivity index (χ1n) is 8.02. The molecule has 6 heteroatoms. The number of para-hydroxylation sites is 1. The maximum absolute atomic E-state index is 13.7. The predicted molar refractivity (Wildman–Crippen MR) is 92.1 cm³/mol. The van der Waals surface area contributed by atoms with Gasteiger partial charge in [0.05, 0.1) is 0 Å². The van der Waals surface area contributed by atoms with Crippen molar-refractivity contribution in [3.8, 4) is 5.75 Å². The second-order valence-electron chi connectivity index (χ2n) is 5.53. The number of carboxylic acid groups (broad SMARTS) is 1. The van der Waals surface area contributed by atoms with Crippen LogP contribution >= 0.6 is 0 Å². The molecule has 0 spiro atoms. The molecule has 0 radical (unpaired) electrons. The third-order valence-electron chi connectivity index (χ3n) is 3.59. The van der Waals surface area contributed by atoms with Crippen LogP contribution in [0.4, 0.5) is 10.1 Å². The first kappa shape index (κ1) is 18.4. The highest BCUT2D eigenvalue weighted by molar-refractivity contribution is 5.94. The van der Waals surface area contributed by atoms with Gasteiger partial charge in [0.2, 0.25) is 0 Å². The molecule has 0 aliphatic rings. The van der Waals surface area contributed by atoms with Crippen molar-refractivity contribution in [1.29, 1.82) is 0 Å². The van der Waals surface area contributed by atoms with Crippen LogP contribution in [0.25, 0.3) is 0 Å². The molecule has 0 saturated carbocycles. The Morgan fingerprint density at radius 1 is 1.20 bits per heavy atom. The summed E-state index contributed by atoms with van der Waals surface area (Å²) in [5.74, 6) is -1.76. The summed E-state index contributed by atoms with van der Waals surface area (Å²) >= 11 is 0. The van der Waals surface area contributed by atoms with Crippen LogP contribution in [0.2, 0.25) is 0 Å². The average Bonchev–Trinajstić information content (AvgIpc) is 2.59. The Balaban J connectivity index is 2.03. The lowest BCUT2D eigenvalue weighted by Gasteiger charge is -2.18. The van der Waals surface area contributed by atoms with E-state index < -0.39 is 17.9 Å². The fourth-order valence-corrected chi connectivity index (χ4v) is 2.29. The highest BCUT2D eigenvalue weighted by atomic mass is 19.1. The van der Waals surface area contributed by atoms with E-state index in [1.54, 1.807) is 43.3 Å². The molecule has 0 aliphatic heterocycles. The van der Waals surface area contributed by atoms with E-state index in [1.807, 2.05) is 0 Å². The molecule has 1 unspecified atom stereocenters. The van der Waals surface area contributed by atoms with E-state index in [-0.39, 0.29) is 18.1 Å². The second-order valence-corrected chi connectivity index (χ2v) is 5.53. The Morgan fingerprint density at radius 2 is 1.96 bits per heavy atom. The van der Waals surface area contributed by atoms with Crippen molar-refractivity contribution in [2.45, 2.75) is 32.3 Å². The molecule has 0 saturated heterocycles. The van der Waals surface area contributed by atoms with E-state index in [2.05, 4.69) is 5.32 Å². The minimum atomic E-state index is -0.876. The summed E-state index contributed by atoms with van der Waals surface area (Å²) < 4.78 is 19.1. The number of rotatable bonds is 8. The molecular formula is C19H20FNO4. The van der Waals surface area contributed by atoms with Crippen LogP contribution in [0.1, 0.15) is 25.3 Å².